The number of aromatic nitrogens is 2. The standard InChI is InChI=1S/C9H12N4S/c1-11-8(6-10)2-5-14-9-7-12-3-4-13-9/h3-4,7-8,11H,2,5H2,1H3. The van der Waals surface area contributed by atoms with E-state index < -0.39 is 0 Å². The summed E-state index contributed by atoms with van der Waals surface area (Å²) in [6.45, 7) is 0. The van der Waals surface area contributed by atoms with E-state index in [1.54, 1.807) is 37.4 Å². The molecule has 74 valence electrons. The van der Waals surface area contributed by atoms with Gasteiger partial charge in [-0.2, -0.15) is 5.26 Å². The summed E-state index contributed by atoms with van der Waals surface area (Å²) in [5, 5.41) is 12.5. The molecule has 0 aromatic carbocycles. The molecule has 14 heavy (non-hydrogen) atoms. The van der Waals surface area contributed by atoms with E-state index >= 15 is 0 Å². The van der Waals surface area contributed by atoms with Crippen LogP contribution in [0.1, 0.15) is 6.42 Å². The van der Waals surface area contributed by atoms with Crippen molar-refractivity contribution in [2.45, 2.75) is 17.5 Å². The second kappa shape index (κ2) is 6.35. The van der Waals surface area contributed by atoms with E-state index in [2.05, 4.69) is 21.4 Å². The Hall–Kier alpha value is -1.12. The maximum atomic E-state index is 8.67. The van der Waals surface area contributed by atoms with Gasteiger partial charge in [-0.15, -0.1) is 11.8 Å². The van der Waals surface area contributed by atoms with Gasteiger partial charge in [0, 0.05) is 18.1 Å². The van der Waals surface area contributed by atoms with Gasteiger partial charge in [-0.25, -0.2) is 4.98 Å². The molecule has 1 aromatic heterocycles. The van der Waals surface area contributed by atoms with Crippen molar-refractivity contribution in [1.29, 1.82) is 5.26 Å². The van der Waals surface area contributed by atoms with Gasteiger partial charge in [0.1, 0.15) is 5.03 Å². The predicted octanol–water partition coefficient (Wildman–Crippen LogP) is 1.07. The van der Waals surface area contributed by atoms with Gasteiger partial charge in [-0.1, -0.05) is 0 Å². The lowest BCUT2D eigenvalue weighted by molar-refractivity contribution is 0.663. The molecule has 0 aliphatic heterocycles. The van der Waals surface area contributed by atoms with E-state index in [4.69, 9.17) is 5.26 Å². The van der Waals surface area contributed by atoms with Crippen molar-refractivity contribution in [2.75, 3.05) is 12.8 Å². The van der Waals surface area contributed by atoms with Crippen LogP contribution in [0.15, 0.2) is 23.6 Å². The molecular weight excluding hydrogens is 196 g/mol. The SMILES string of the molecule is CNC(C#N)CCSc1cnccn1. The van der Waals surface area contributed by atoms with E-state index in [9.17, 15) is 0 Å². The van der Waals surface area contributed by atoms with Crippen molar-refractivity contribution in [3.63, 3.8) is 0 Å². The highest BCUT2D eigenvalue weighted by Crippen LogP contribution is 2.14. The molecule has 1 aromatic rings. The fourth-order valence-electron chi connectivity index (χ4n) is 0.915. The van der Waals surface area contributed by atoms with Crippen LogP contribution in [-0.2, 0) is 0 Å². The van der Waals surface area contributed by atoms with Crippen LogP contribution >= 0.6 is 11.8 Å². The summed E-state index contributed by atoms with van der Waals surface area (Å²) in [4.78, 5) is 8.08. The summed E-state index contributed by atoms with van der Waals surface area (Å²) in [6, 6.07) is 2.11. The van der Waals surface area contributed by atoms with E-state index in [1.165, 1.54) is 0 Å². The van der Waals surface area contributed by atoms with E-state index in [0.29, 0.717) is 0 Å². The summed E-state index contributed by atoms with van der Waals surface area (Å²) in [5.41, 5.74) is 0. The monoisotopic (exact) mass is 208 g/mol. The molecule has 0 amide bonds. The van der Waals surface area contributed by atoms with Crippen LogP contribution < -0.4 is 5.32 Å². The zero-order chi connectivity index (χ0) is 10.2. The number of nitrogens with one attached hydrogen (secondary N) is 1. The topological polar surface area (TPSA) is 61.6 Å². The maximum absolute atomic E-state index is 8.67. The molecule has 0 spiro atoms. The Balaban J connectivity index is 2.26. The number of rotatable bonds is 5. The van der Waals surface area contributed by atoms with Crippen LogP contribution in [-0.4, -0.2) is 28.8 Å². The third-order valence-electron chi connectivity index (χ3n) is 1.70. The van der Waals surface area contributed by atoms with Gasteiger partial charge in [0.2, 0.25) is 0 Å². The minimum atomic E-state index is -0.0702. The molecule has 1 N–H and O–H groups in total. The van der Waals surface area contributed by atoms with Gasteiger partial charge < -0.3 is 5.32 Å². The third-order valence-corrected chi connectivity index (χ3v) is 2.65. The summed E-state index contributed by atoms with van der Waals surface area (Å²) in [6.07, 6.45) is 5.86. The number of thioether (sulfide) groups is 1. The maximum Gasteiger partial charge on any atom is 0.114 e. The third kappa shape index (κ3) is 3.73. The number of nitrogens with zero attached hydrogens (tertiary/aromatic N) is 3. The molecule has 1 rings (SSSR count). The quantitative estimate of drug-likeness (QED) is 0.733. The number of hydrogen-bond acceptors (Lipinski definition) is 5. The normalized spacial score (nSPS) is 12.0. The Morgan fingerprint density at radius 2 is 2.50 bits per heavy atom. The Kier molecular flexibility index (Phi) is 4.97. The van der Waals surface area contributed by atoms with Crippen LogP contribution in [0.25, 0.3) is 0 Å². The smallest absolute Gasteiger partial charge is 0.114 e. The van der Waals surface area contributed by atoms with E-state index in [0.717, 1.165) is 17.2 Å². The molecule has 5 heteroatoms. The van der Waals surface area contributed by atoms with Gasteiger partial charge in [-0.3, -0.25) is 4.98 Å². The molecule has 0 saturated carbocycles. The lowest BCUT2D eigenvalue weighted by Gasteiger charge is -2.05. The second-order valence-electron chi connectivity index (χ2n) is 2.65. The van der Waals surface area contributed by atoms with Gasteiger partial charge >= 0.3 is 0 Å². The molecule has 0 aliphatic rings. The van der Waals surface area contributed by atoms with Crippen molar-refractivity contribution in [3.8, 4) is 6.07 Å². The molecule has 0 aliphatic carbocycles. The average Bonchev–Trinajstić information content (AvgIpc) is 2.26. The first-order valence-corrected chi connectivity index (χ1v) is 5.31. The zero-order valence-electron chi connectivity index (χ0n) is 7.97. The molecule has 1 heterocycles. The first-order chi connectivity index (χ1) is 6.86. The Morgan fingerprint density at radius 3 is 3.07 bits per heavy atom. The first kappa shape index (κ1) is 11.0. The fraction of sp³-hybridized carbons (Fsp3) is 0.444. The largest absolute Gasteiger partial charge is 0.305 e. The summed E-state index contributed by atoms with van der Waals surface area (Å²) >= 11 is 1.61. The molecule has 0 radical (unpaired) electrons. The Labute approximate surface area is 87.8 Å². The summed E-state index contributed by atoms with van der Waals surface area (Å²) in [5.74, 6) is 0.873. The first-order valence-electron chi connectivity index (χ1n) is 4.32. The van der Waals surface area contributed by atoms with Crippen molar-refractivity contribution in [3.05, 3.63) is 18.6 Å². The van der Waals surface area contributed by atoms with Gasteiger partial charge in [0.15, 0.2) is 0 Å². The van der Waals surface area contributed by atoms with Crippen LogP contribution in [0.4, 0.5) is 0 Å². The minimum absolute atomic E-state index is 0.0702. The van der Waals surface area contributed by atoms with Crippen LogP contribution in [0.5, 0.6) is 0 Å². The van der Waals surface area contributed by atoms with E-state index in [1.807, 2.05) is 0 Å². The van der Waals surface area contributed by atoms with Gasteiger partial charge in [-0.05, 0) is 13.5 Å². The predicted molar refractivity (Wildman–Crippen MR) is 55.8 cm³/mol. The molecule has 0 saturated heterocycles. The number of nitriles is 1. The molecule has 1 unspecified atom stereocenters. The van der Waals surface area contributed by atoms with Crippen molar-refractivity contribution in [1.82, 2.24) is 15.3 Å². The molecule has 1 atom stereocenters. The Morgan fingerprint density at radius 1 is 1.64 bits per heavy atom. The summed E-state index contributed by atoms with van der Waals surface area (Å²) < 4.78 is 0. The highest BCUT2D eigenvalue weighted by Gasteiger charge is 2.03. The lowest BCUT2D eigenvalue weighted by Crippen LogP contribution is -2.23. The van der Waals surface area contributed by atoms with Crippen molar-refractivity contribution < 1.29 is 0 Å². The second-order valence-corrected chi connectivity index (χ2v) is 3.77. The molecule has 0 fully saturated rings. The molecule has 0 bridgehead atoms. The van der Waals surface area contributed by atoms with Crippen molar-refractivity contribution in [2.24, 2.45) is 0 Å². The highest BCUT2D eigenvalue weighted by molar-refractivity contribution is 7.99. The van der Waals surface area contributed by atoms with Crippen LogP contribution in [0.3, 0.4) is 0 Å². The van der Waals surface area contributed by atoms with E-state index in [-0.39, 0.29) is 6.04 Å². The number of hydrogen-bond donors (Lipinski definition) is 1. The lowest BCUT2D eigenvalue weighted by atomic mass is 10.3. The minimum Gasteiger partial charge on any atom is -0.305 e. The van der Waals surface area contributed by atoms with Gasteiger partial charge in [0.25, 0.3) is 0 Å². The zero-order valence-corrected chi connectivity index (χ0v) is 8.79. The molecular formula is C9H12N4S. The Bertz CT molecular complexity index is 295. The highest BCUT2D eigenvalue weighted by atomic mass is 32.2. The van der Waals surface area contributed by atoms with Crippen LogP contribution in [0, 0.1) is 11.3 Å². The summed E-state index contributed by atoms with van der Waals surface area (Å²) in [7, 11) is 1.79. The average molecular weight is 208 g/mol. The van der Waals surface area contributed by atoms with Crippen molar-refractivity contribution >= 4 is 11.8 Å². The van der Waals surface area contributed by atoms with Crippen LogP contribution in [0.2, 0.25) is 0 Å². The molecule has 4 nitrogen and oxygen atoms in total. The fourth-order valence-corrected chi connectivity index (χ4v) is 1.75. The van der Waals surface area contributed by atoms with Gasteiger partial charge in [0.05, 0.1) is 18.3 Å².